The van der Waals surface area contributed by atoms with Gasteiger partial charge in [0.05, 0.1) is 17.9 Å². The van der Waals surface area contributed by atoms with Crippen molar-refractivity contribution in [3.8, 4) is 0 Å². The number of anilines is 2. The summed E-state index contributed by atoms with van der Waals surface area (Å²) >= 11 is 0. The van der Waals surface area contributed by atoms with Gasteiger partial charge in [0, 0.05) is 18.0 Å². The van der Waals surface area contributed by atoms with Gasteiger partial charge in [-0.15, -0.1) is 0 Å². The highest BCUT2D eigenvalue weighted by Gasteiger charge is 2.20. The zero-order chi connectivity index (χ0) is 18.4. The zero-order valence-electron chi connectivity index (χ0n) is 14.2. The average Bonchev–Trinajstić information content (AvgIpc) is 2.67. The van der Waals surface area contributed by atoms with E-state index in [1.807, 2.05) is 30.3 Å². The van der Waals surface area contributed by atoms with Crippen LogP contribution in [0.15, 0.2) is 73.1 Å². The van der Waals surface area contributed by atoms with Crippen molar-refractivity contribution in [2.45, 2.75) is 13.2 Å². The molecule has 3 rings (SSSR count). The lowest BCUT2D eigenvalue weighted by Gasteiger charge is -2.24. The summed E-state index contributed by atoms with van der Waals surface area (Å²) in [6.45, 7) is 6.19. The van der Waals surface area contributed by atoms with Crippen molar-refractivity contribution < 1.29 is 9.53 Å². The summed E-state index contributed by atoms with van der Waals surface area (Å²) in [5.41, 5.74) is 9.56. The quantitative estimate of drug-likeness (QED) is 0.708. The molecule has 1 heterocycles. The Bertz CT molecular complexity index is 864. The molecule has 0 unspecified atom stereocenters. The number of nitrogens with two attached hydrogens (primary N) is 1. The van der Waals surface area contributed by atoms with E-state index in [9.17, 15) is 4.79 Å². The van der Waals surface area contributed by atoms with Crippen LogP contribution in [0.3, 0.4) is 0 Å². The molecule has 0 spiro atoms. The Hall–Kier alpha value is -3.34. The second kappa shape index (κ2) is 8.16. The first kappa shape index (κ1) is 17.5. The molecule has 1 aromatic heterocycles. The Morgan fingerprint density at radius 1 is 1.04 bits per heavy atom. The number of ether oxygens (including phenoxy) is 1. The van der Waals surface area contributed by atoms with E-state index in [2.05, 4.69) is 4.98 Å². The summed E-state index contributed by atoms with van der Waals surface area (Å²) in [6.07, 6.45) is 2.85. The number of benzene rings is 2. The molecule has 0 saturated heterocycles. The molecular formula is C21H19N3O2. The minimum Gasteiger partial charge on any atom is -0.444 e. The molecule has 130 valence electrons. The minimum absolute atomic E-state index is 0.137. The van der Waals surface area contributed by atoms with Gasteiger partial charge < -0.3 is 10.5 Å². The van der Waals surface area contributed by atoms with Crippen LogP contribution in [0.2, 0.25) is 0 Å². The summed E-state index contributed by atoms with van der Waals surface area (Å²) in [6, 6.07) is 18.2. The molecule has 0 saturated carbocycles. The van der Waals surface area contributed by atoms with E-state index in [4.69, 9.17) is 17.4 Å². The molecule has 5 nitrogen and oxygen atoms in total. The highest BCUT2D eigenvalue weighted by molar-refractivity contribution is 5.91. The van der Waals surface area contributed by atoms with E-state index in [0.717, 1.165) is 11.1 Å². The third kappa shape index (κ3) is 4.39. The summed E-state index contributed by atoms with van der Waals surface area (Å²) in [4.78, 5) is 18.3. The molecule has 0 aliphatic heterocycles. The predicted molar refractivity (Wildman–Crippen MR) is 101 cm³/mol. The average molecular weight is 345 g/mol. The number of carbonyl (C=O) groups is 1. The van der Waals surface area contributed by atoms with Gasteiger partial charge in [0.15, 0.2) is 0 Å². The van der Waals surface area contributed by atoms with Crippen molar-refractivity contribution >= 4 is 17.5 Å². The minimum atomic E-state index is -0.483. The van der Waals surface area contributed by atoms with Crippen LogP contribution < -0.4 is 10.6 Å². The predicted octanol–water partition coefficient (Wildman–Crippen LogP) is 4.07. The second-order valence-electron chi connectivity index (χ2n) is 5.80. The first-order chi connectivity index (χ1) is 12.6. The summed E-state index contributed by atoms with van der Waals surface area (Å²) in [7, 11) is 0. The van der Waals surface area contributed by atoms with Crippen LogP contribution >= 0.6 is 0 Å². The van der Waals surface area contributed by atoms with E-state index in [1.54, 1.807) is 42.7 Å². The molecule has 2 radical (unpaired) electrons. The molecule has 5 heteroatoms. The van der Waals surface area contributed by atoms with Gasteiger partial charge in [-0.3, -0.25) is 9.88 Å². The van der Waals surface area contributed by atoms with Crippen LogP contribution in [0.1, 0.15) is 16.7 Å². The monoisotopic (exact) mass is 345 g/mol. The number of pyridine rings is 1. The van der Waals surface area contributed by atoms with Crippen molar-refractivity contribution in [3.05, 3.63) is 96.7 Å². The van der Waals surface area contributed by atoms with E-state index in [0.29, 0.717) is 23.5 Å². The van der Waals surface area contributed by atoms with Gasteiger partial charge in [0.25, 0.3) is 0 Å². The third-order valence-electron chi connectivity index (χ3n) is 3.85. The van der Waals surface area contributed by atoms with Gasteiger partial charge in [-0.2, -0.15) is 0 Å². The van der Waals surface area contributed by atoms with Gasteiger partial charge >= 0.3 is 6.09 Å². The van der Waals surface area contributed by atoms with E-state index >= 15 is 0 Å². The van der Waals surface area contributed by atoms with Crippen molar-refractivity contribution in [1.29, 1.82) is 0 Å². The Morgan fingerprint density at radius 3 is 2.50 bits per heavy atom. The Balaban J connectivity index is 1.81. The van der Waals surface area contributed by atoms with Gasteiger partial charge in [-0.1, -0.05) is 42.5 Å². The fourth-order valence-corrected chi connectivity index (χ4v) is 2.49. The lowest BCUT2D eigenvalue weighted by Crippen LogP contribution is -2.31. The molecule has 0 fully saturated rings. The highest BCUT2D eigenvalue weighted by atomic mass is 16.6. The molecule has 0 aliphatic rings. The topological polar surface area (TPSA) is 68.5 Å². The number of amides is 1. The largest absolute Gasteiger partial charge is 0.444 e. The fourth-order valence-electron chi connectivity index (χ4n) is 2.49. The molecule has 2 N–H and O–H groups in total. The van der Waals surface area contributed by atoms with E-state index < -0.39 is 6.09 Å². The number of nitrogens with zero attached hydrogens (tertiary/aromatic N) is 2. The SMILES string of the molecule is [CH]c1ccc(CN(C(=O)OCc2cccnc2)c2ccccc2N)cc1. The van der Waals surface area contributed by atoms with E-state index in [1.165, 1.54) is 4.90 Å². The highest BCUT2D eigenvalue weighted by Crippen LogP contribution is 2.25. The van der Waals surface area contributed by atoms with Crippen LogP contribution in [0, 0.1) is 6.92 Å². The van der Waals surface area contributed by atoms with E-state index in [-0.39, 0.29) is 6.61 Å². The number of hydrogen-bond acceptors (Lipinski definition) is 4. The van der Waals surface area contributed by atoms with Gasteiger partial charge in [-0.05, 0) is 36.2 Å². The molecule has 0 atom stereocenters. The van der Waals surface area contributed by atoms with Gasteiger partial charge in [-0.25, -0.2) is 4.79 Å². The Kier molecular flexibility index (Phi) is 5.49. The van der Waals surface area contributed by atoms with Gasteiger partial charge in [0.2, 0.25) is 0 Å². The fraction of sp³-hybridized carbons (Fsp3) is 0.0952. The molecule has 0 bridgehead atoms. The smallest absolute Gasteiger partial charge is 0.415 e. The van der Waals surface area contributed by atoms with Crippen LogP contribution in [-0.4, -0.2) is 11.1 Å². The summed E-state index contributed by atoms with van der Waals surface area (Å²) in [5.74, 6) is 0. The molecule has 1 amide bonds. The number of hydrogen-bond donors (Lipinski definition) is 1. The number of para-hydroxylation sites is 2. The van der Waals surface area contributed by atoms with Crippen LogP contribution in [0.5, 0.6) is 0 Å². The number of rotatable bonds is 5. The summed E-state index contributed by atoms with van der Waals surface area (Å²) in [5, 5.41) is 0. The number of aromatic nitrogens is 1. The lowest BCUT2D eigenvalue weighted by molar-refractivity contribution is 0.146. The Labute approximate surface area is 153 Å². The maximum absolute atomic E-state index is 12.7. The lowest BCUT2D eigenvalue weighted by atomic mass is 10.1. The van der Waals surface area contributed by atoms with Crippen molar-refractivity contribution in [3.63, 3.8) is 0 Å². The molecule has 3 aromatic rings. The normalized spacial score (nSPS) is 10.3. The van der Waals surface area contributed by atoms with Crippen molar-refractivity contribution in [1.82, 2.24) is 4.98 Å². The van der Waals surface area contributed by atoms with Crippen molar-refractivity contribution in [2.75, 3.05) is 10.6 Å². The maximum Gasteiger partial charge on any atom is 0.415 e. The summed E-state index contributed by atoms with van der Waals surface area (Å²) < 4.78 is 5.46. The number of nitrogen functional groups attached to an aromatic ring is 1. The second-order valence-corrected chi connectivity index (χ2v) is 5.80. The molecule has 26 heavy (non-hydrogen) atoms. The first-order valence-corrected chi connectivity index (χ1v) is 8.15. The Morgan fingerprint density at radius 2 is 1.81 bits per heavy atom. The van der Waals surface area contributed by atoms with Crippen LogP contribution in [0.25, 0.3) is 0 Å². The van der Waals surface area contributed by atoms with Crippen molar-refractivity contribution in [2.24, 2.45) is 0 Å². The molecule has 2 aromatic carbocycles. The number of carbonyl (C=O) groups excluding carboxylic acids is 1. The molecule has 0 aliphatic carbocycles. The van der Waals surface area contributed by atoms with Crippen LogP contribution in [0.4, 0.5) is 16.2 Å². The standard InChI is InChI=1S/C21H19N3O2/c1-16-8-10-17(11-9-16)14-24(20-7-3-2-6-19(20)22)21(25)26-15-18-5-4-12-23-13-18/h1-13H,14-15,22H2. The first-order valence-electron chi connectivity index (χ1n) is 8.15. The third-order valence-corrected chi connectivity index (χ3v) is 3.85. The zero-order valence-corrected chi connectivity index (χ0v) is 14.2. The molecular weight excluding hydrogens is 326 g/mol. The maximum atomic E-state index is 12.7. The van der Waals surface area contributed by atoms with Crippen LogP contribution in [-0.2, 0) is 17.9 Å². The van der Waals surface area contributed by atoms with Gasteiger partial charge in [0.1, 0.15) is 6.61 Å².